The van der Waals surface area contributed by atoms with E-state index in [-0.39, 0.29) is 5.48 Å². The Morgan fingerprint density at radius 3 is 2.55 bits per heavy atom. The fourth-order valence-electron chi connectivity index (χ4n) is 0.548. The number of carboxylic acid groups (broad SMARTS) is 1. The molecule has 0 fully saturated rings. The monoisotopic (exact) mass is 224 g/mol. The van der Waals surface area contributed by atoms with Crippen LogP contribution < -0.4 is 0 Å². The predicted molar refractivity (Wildman–Crippen MR) is 43.5 cm³/mol. The van der Waals surface area contributed by atoms with Crippen LogP contribution in [0.2, 0.25) is 5.21 Å². The van der Waals surface area contributed by atoms with Crippen LogP contribution in [-0.2, 0) is 4.79 Å². The quantitative estimate of drug-likeness (QED) is 0.393. The summed E-state index contributed by atoms with van der Waals surface area (Å²) in [6.07, 6.45) is 3.19. The molecule has 0 aliphatic heterocycles. The van der Waals surface area contributed by atoms with Gasteiger partial charge in [0.15, 0.2) is 0 Å². The van der Waals surface area contributed by atoms with Gasteiger partial charge in [0.2, 0.25) is 0 Å². The normalized spacial score (nSPS) is 9.45. The van der Waals surface area contributed by atoms with Crippen LogP contribution in [0.5, 0.6) is 0 Å². The van der Waals surface area contributed by atoms with Gasteiger partial charge >= 0.3 is 66.0 Å². The second kappa shape index (κ2) is 9.66. The van der Waals surface area contributed by atoms with Gasteiger partial charge in [-0.2, -0.15) is 0 Å². The van der Waals surface area contributed by atoms with E-state index in [4.69, 9.17) is 5.11 Å². The van der Waals surface area contributed by atoms with E-state index in [1.807, 2.05) is 0 Å². The third-order valence-corrected chi connectivity index (χ3v) is 2.93. The standard InChI is InChI=1S/C6H11AsO3.H2O/c8-5-3-1-2-4-7-6(9)10;/h5,7H,1-4H2,(H,9,10);1H2. The third kappa shape index (κ3) is 12.8. The third-order valence-electron chi connectivity index (χ3n) is 1.02. The van der Waals surface area contributed by atoms with Crippen LogP contribution in [0.1, 0.15) is 19.3 Å². The molecule has 0 rings (SSSR count). The molecule has 0 aromatic rings. The molecule has 4 nitrogen and oxygen atoms in total. The molecule has 11 heavy (non-hydrogen) atoms. The van der Waals surface area contributed by atoms with E-state index in [1.165, 1.54) is 0 Å². The zero-order valence-corrected chi connectivity index (χ0v) is 8.27. The maximum atomic E-state index is 10.0. The van der Waals surface area contributed by atoms with Crippen molar-refractivity contribution in [1.82, 2.24) is 0 Å². The van der Waals surface area contributed by atoms with E-state index in [0.29, 0.717) is 6.42 Å². The summed E-state index contributed by atoms with van der Waals surface area (Å²) in [5.41, 5.74) is 0. The zero-order valence-electron chi connectivity index (χ0n) is 6.17. The van der Waals surface area contributed by atoms with E-state index in [9.17, 15) is 9.59 Å². The second-order valence-corrected chi connectivity index (χ2v) is 4.58. The molecule has 3 N–H and O–H groups in total. The van der Waals surface area contributed by atoms with Crippen LogP contribution in [0.25, 0.3) is 0 Å². The van der Waals surface area contributed by atoms with Crippen LogP contribution in [0.4, 0.5) is 4.79 Å². The fraction of sp³-hybridized carbons (Fsp3) is 0.667. The molecule has 0 bridgehead atoms. The Labute approximate surface area is 72.0 Å². The molecule has 1 atom stereocenters. The summed E-state index contributed by atoms with van der Waals surface area (Å²) in [5.74, 6) is 0. The first-order chi connectivity index (χ1) is 4.77. The van der Waals surface area contributed by atoms with Gasteiger partial charge in [-0.25, -0.2) is 0 Å². The van der Waals surface area contributed by atoms with Crippen molar-refractivity contribution in [2.24, 2.45) is 0 Å². The molecule has 0 saturated heterocycles. The van der Waals surface area contributed by atoms with Gasteiger partial charge in [-0.1, -0.05) is 0 Å². The Morgan fingerprint density at radius 1 is 1.45 bits per heavy atom. The summed E-state index contributed by atoms with van der Waals surface area (Å²) in [5, 5.41) is 9.06. The Hall–Kier alpha value is -0.342. The number of rotatable bonds is 6. The Kier molecular flexibility index (Phi) is 11.6. The summed E-state index contributed by atoms with van der Waals surface area (Å²) in [4.78, 5) is 19.8. The van der Waals surface area contributed by atoms with E-state index >= 15 is 0 Å². The maximum absolute atomic E-state index is 10.0. The molecule has 0 heterocycles. The van der Waals surface area contributed by atoms with Crippen molar-refractivity contribution in [1.29, 1.82) is 0 Å². The van der Waals surface area contributed by atoms with Gasteiger partial charge in [0.05, 0.1) is 0 Å². The molecular weight excluding hydrogens is 211 g/mol. The number of carbonyl (C=O) groups excluding carboxylic acids is 1. The topological polar surface area (TPSA) is 85.9 Å². The number of unbranched alkanes of at least 4 members (excludes halogenated alkanes) is 2. The van der Waals surface area contributed by atoms with Gasteiger partial charge in [-0.3, -0.25) is 0 Å². The molecule has 5 heteroatoms. The van der Waals surface area contributed by atoms with Crippen LogP contribution in [0.3, 0.4) is 0 Å². The van der Waals surface area contributed by atoms with Crippen molar-refractivity contribution >= 4 is 26.8 Å². The summed E-state index contributed by atoms with van der Waals surface area (Å²) in [6.45, 7) is 0. The molecule has 0 saturated carbocycles. The fourth-order valence-corrected chi connectivity index (χ4v) is 1.89. The van der Waals surface area contributed by atoms with Crippen LogP contribution in [0.15, 0.2) is 0 Å². The first kappa shape index (κ1) is 13.3. The summed E-state index contributed by atoms with van der Waals surface area (Å²) >= 11 is -0.771. The molecular formula is C6H13AsO4. The number of carbonyl (C=O) groups is 2. The van der Waals surface area contributed by atoms with Crippen molar-refractivity contribution in [2.75, 3.05) is 0 Å². The van der Waals surface area contributed by atoms with Gasteiger partial charge in [0, 0.05) is 0 Å². The van der Waals surface area contributed by atoms with Gasteiger partial charge in [0.25, 0.3) is 0 Å². The second-order valence-electron chi connectivity index (χ2n) is 1.89. The minimum atomic E-state index is -0.771. The predicted octanol–water partition coefficient (Wildman–Crippen LogP) is 0.0637. The average molecular weight is 224 g/mol. The molecule has 0 aromatic carbocycles. The van der Waals surface area contributed by atoms with Crippen LogP contribution >= 0.6 is 0 Å². The van der Waals surface area contributed by atoms with Gasteiger partial charge in [-0.05, 0) is 0 Å². The van der Waals surface area contributed by atoms with E-state index in [1.54, 1.807) is 0 Å². The molecule has 0 aromatic heterocycles. The molecule has 0 aliphatic carbocycles. The van der Waals surface area contributed by atoms with E-state index < -0.39 is 20.5 Å². The number of hydrogen-bond acceptors (Lipinski definition) is 2. The zero-order chi connectivity index (χ0) is 7.82. The number of hydrogen-bond donors (Lipinski definition) is 1. The van der Waals surface area contributed by atoms with Crippen molar-refractivity contribution in [2.45, 2.75) is 24.5 Å². The minimum absolute atomic E-state index is 0. The van der Waals surface area contributed by atoms with Gasteiger partial charge < -0.3 is 5.48 Å². The van der Waals surface area contributed by atoms with Crippen molar-refractivity contribution in [3.63, 3.8) is 0 Å². The molecule has 66 valence electrons. The van der Waals surface area contributed by atoms with Crippen molar-refractivity contribution < 1.29 is 20.2 Å². The number of aldehydes is 1. The molecule has 0 amide bonds. The van der Waals surface area contributed by atoms with Gasteiger partial charge in [-0.15, -0.1) is 0 Å². The molecule has 0 spiro atoms. The Balaban J connectivity index is 0. The Morgan fingerprint density at radius 2 is 2.09 bits per heavy atom. The Bertz CT molecular complexity index is 115. The first-order valence-corrected chi connectivity index (χ1v) is 5.71. The van der Waals surface area contributed by atoms with E-state index in [0.717, 1.165) is 24.3 Å². The van der Waals surface area contributed by atoms with Crippen molar-refractivity contribution in [3.8, 4) is 0 Å². The van der Waals surface area contributed by atoms with E-state index in [2.05, 4.69) is 0 Å². The molecule has 1 unspecified atom stereocenters. The van der Waals surface area contributed by atoms with Crippen LogP contribution in [0, 0.1) is 0 Å². The first-order valence-electron chi connectivity index (χ1n) is 3.18. The average Bonchev–Trinajstić information content (AvgIpc) is 1.87. The summed E-state index contributed by atoms with van der Waals surface area (Å²) < 4.78 is -0.633. The van der Waals surface area contributed by atoms with Gasteiger partial charge in [0.1, 0.15) is 0 Å². The van der Waals surface area contributed by atoms with Crippen molar-refractivity contribution in [3.05, 3.63) is 0 Å². The SMILES string of the molecule is O.O=CCCCC[AsH]C(=O)O. The molecule has 0 aliphatic rings. The summed E-state index contributed by atoms with van der Waals surface area (Å²) in [7, 11) is 0. The summed E-state index contributed by atoms with van der Waals surface area (Å²) in [6, 6.07) is 0. The van der Waals surface area contributed by atoms with Crippen LogP contribution in [-0.4, -0.2) is 37.4 Å². The molecule has 0 radical (unpaired) electrons.